The second kappa shape index (κ2) is 8.65. The summed E-state index contributed by atoms with van der Waals surface area (Å²) in [5.41, 5.74) is 1.25. The zero-order valence-corrected chi connectivity index (χ0v) is 13.2. The second-order valence-electron chi connectivity index (χ2n) is 5.16. The first-order valence-corrected chi connectivity index (χ1v) is 7.99. The van der Waals surface area contributed by atoms with Crippen molar-refractivity contribution in [2.75, 3.05) is 11.1 Å². The van der Waals surface area contributed by atoms with Crippen molar-refractivity contribution in [2.45, 2.75) is 38.9 Å². The summed E-state index contributed by atoms with van der Waals surface area (Å²) in [6, 6.07) is 9.04. The molecule has 0 fully saturated rings. The summed E-state index contributed by atoms with van der Waals surface area (Å²) < 4.78 is 0. The van der Waals surface area contributed by atoms with Crippen molar-refractivity contribution in [1.29, 1.82) is 5.26 Å². The van der Waals surface area contributed by atoms with E-state index >= 15 is 0 Å². The summed E-state index contributed by atoms with van der Waals surface area (Å²) >= 11 is 1.92. The van der Waals surface area contributed by atoms with Crippen molar-refractivity contribution in [2.24, 2.45) is 5.92 Å². The Morgan fingerprint density at radius 2 is 2.15 bits per heavy atom. The van der Waals surface area contributed by atoms with E-state index in [1.165, 1.54) is 0 Å². The van der Waals surface area contributed by atoms with Crippen LogP contribution in [-0.2, 0) is 4.79 Å². The van der Waals surface area contributed by atoms with Gasteiger partial charge in [-0.25, -0.2) is 0 Å². The van der Waals surface area contributed by atoms with Gasteiger partial charge in [0.2, 0.25) is 5.91 Å². The maximum Gasteiger partial charge on any atom is 0.224 e. The fourth-order valence-corrected chi connectivity index (χ4v) is 2.65. The van der Waals surface area contributed by atoms with E-state index in [0.29, 0.717) is 28.8 Å². The molecule has 0 aromatic heterocycles. The summed E-state index contributed by atoms with van der Waals surface area (Å²) in [5, 5.41) is 12.3. The first kappa shape index (κ1) is 16.6. The van der Waals surface area contributed by atoms with Gasteiger partial charge in [-0.3, -0.25) is 4.79 Å². The van der Waals surface area contributed by atoms with E-state index < -0.39 is 0 Å². The van der Waals surface area contributed by atoms with E-state index in [2.05, 4.69) is 32.2 Å². The van der Waals surface area contributed by atoms with Gasteiger partial charge in [-0.1, -0.05) is 26.8 Å². The fraction of sp³-hybridized carbons (Fsp3) is 0.500. The Morgan fingerprint density at radius 3 is 2.80 bits per heavy atom. The van der Waals surface area contributed by atoms with E-state index in [0.717, 1.165) is 12.2 Å². The molecule has 0 aliphatic heterocycles. The molecule has 0 spiro atoms. The molecule has 20 heavy (non-hydrogen) atoms. The molecule has 1 N–H and O–H groups in total. The molecule has 1 atom stereocenters. The highest BCUT2D eigenvalue weighted by molar-refractivity contribution is 7.99. The molecule has 0 bridgehead atoms. The van der Waals surface area contributed by atoms with E-state index in [1.54, 1.807) is 24.3 Å². The van der Waals surface area contributed by atoms with E-state index in [1.807, 2.05) is 11.8 Å². The van der Waals surface area contributed by atoms with Crippen LogP contribution in [0.25, 0.3) is 0 Å². The Bertz CT molecular complexity index is 480. The Labute approximate surface area is 125 Å². The molecule has 0 heterocycles. The molecule has 1 amide bonds. The van der Waals surface area contributed by atoms with Crippen molar-refractivity contribution in [1.82, 2.24) is 0 Å². The molecule has 1 aromatic rings. The Morgan fingerprint density at radius 1 is 1.40 bits per heavy atom. The van der Waals surface area contributed by atoms with Gasteiger partial charge in [0.25, 0.3) is 0 Å². The number of nitrogens with one attached hydrogen (secondary N) is 1. The zero-order chi connectivity index (χ0) is 15.0. The maximum absolute atomic E-state index is 11.8. The molecule has 1 aromatic carbocycles. The van der Waals surface area contributed by atoms with Gasteiger partial charge in [0.15, 0.2) is 0 Å². The average Bonchev–Trinajstić information content (AvgIpc) is 2.43. The van der Waals surface area contributed by atoms with Crippen LogP contribution in [0.4, 0.5) is 5.69 Å². The standard InChI is InChI=1S/C16H22N2OS/c1-12(2)13(3)20-9-5-8-16(19)18-15-7-4-6-14(10-15)11-17/h4,6-7,10,12-13H,5,8-9H2,1-3H3,(H,18,19). The van der Waals surface area contributed by atoms with Gasteiger partial charge in [0.1, 0.15) is 0 Å². The van der Waals surface area contributed by atoms with Crippen LogP contribution in [-0.4, -0.2) is 16.9 Å². The van der Waals surface area contributed by atoms with Crippen LogP contribution in [0.3, 0.4) is 0 Å². The van der Waals surface area contributed by atoms with Crippen LogP contribution in [0.5, 0.6) is 0 Å². The number of hydrogen-bond donors (Lipinski definition) is 1. The lowest BCUT2D eigenvalue weighted by Crippen LogP contribution is -2.12. The molecule has 0 aliphatic rings. The van der Waals surface area contributed by atoms with Crippen molar-refractivity contribution in [3.05, 3.63) is 29.8 Å². The topological polar surface area (TPSA) is 52.9 Å². The number of carbonyl (C=O) groups excluding carboxylic acids is 1. The molecule has 4 heteroatoms. The lowest BCUT2D eigenvalue weighted by atomic mass is 10.2. The van der Waals surface area contributed by atoms with Gasteiger partial charge in [-0.2, -0.15) is 17.0 Å². The summed E-state index contributed by atoms with van der Waals surface area (Å²) in [5.74, 6) is 1.69. The molecule has 0 radical (unpaired) electrons. The number of nitriles is 1. The summed E-state index contributed by atoms with van der Waals surface area (Å²) in [4.78, 5) is 11.8. The van der Waals surface area contributed by atoms with Gasteiger partial charge >= 0.3 is 0 Å². The first-order chi connectivity index (χ1) is 9.52. The SMILES string of the molecule is CC(C)C(C)SCCCC(=O)Nc1cccc(C#N)c1. The third kappa shape index (κ3) is 6.12. The number of hydrogen-bond acceptors (Lipinski definition) is 3. The Kier molecular flexibility index (Phi) is 7.17. The number of rotatable bonds is 7. The van der Waals surface area contributed by atoms with E-state index in [-0.39, 0.29) is 5.91 Å². The summed E-state index contributed by atoms with van der Waals surface area (Å²) in [6.07, 6.45) is 1.40. The largest absolute Gasteiger partial charge is 0.326 e. The quantitative estimate of drug-likeness (QED) is 0.771. The third-order valence-corrected chi connectivity index (χ3v) is 4.74. The molecular formula is C16H22N2OS. The van der Waals surface area contributed by atoms with Crippen molar-refractivity contribution in [3.63, 3.8) is 0 Å². The van der Waals surface area contributed by atoms with Gasteiger partial charge in [-0.15, -0.1) is 0 Å². The second-order valence-corrected chi connectivity index (χ2v) is 6.65. The third-order valence-electron chi connectivity index (χ3n) is 3.14. The predicted molar refractivity (Wildman–Crippen MR) is 85.8 cm³/mol. The van der Waals surface area contributed by atoms with Crippen molar-refractivity contribution >= 4 is 23.4 Å². The highest BCUT2D eigenvalue weighted by Gasteiger charge is 2.08. The van der Waals surface area contributed by atoms with Crippen LogP contribution in [0.15, 0.2) is 24.3 Å². The fourth-order valence-electron chi connectivity index (χ4n) is 1.58. The van der Waals surface area contributed by atoms with E-state index in [9.17, 15) is 4.79 Å². The van der Waals surface area contributed by atoms with E-state index in [4.69, 9.17) is 5.26 Å². The van der Waals surface area contributed by atoms with Gasteiger partial charge in [0.05, 0.1) is 11.6 Å². The number of anilines is 1. The van der Waals surface area contributed by atoms with Crippen molar-refractivity contribution in [3.8, 4) is 6.07 Å². The van der Waals surface area contributed by atoms with Gasteiger partial charge in [-0.05, 0) is 36.3 Å². The highest BCUT2D eigenvalue weighted by atomic mass is 32.2. The van der Waals surface area contributed by atoms with Crippen molar-refractivity contribution < 1.29 is 4.79 Å². The van der Waals surface area contributed by atoms with Crippen LogP contribution in [0.1, 0.15) is 39.2 Å². The van der Waals surface area contributed by atoms with Crippen LogP contribution < -0.4 is 5.32 Å². The van der Waals surface area contributed by atoms with Crippen LogP contribution in [0.2, 0.25) is 0 Å². The summed E-state index contributed by atoms with van der Waals surface area (Å²) in [7, 11) is 0. The number of amides is 1. The average molecular weight is 290 g/mol. The number of nitrogens with zero attached hydrogens (tertiary/aromatic N) is 1. The Balaban J connectivity index is 2.28. The minimum absolute atomic E-state index is 0.0119. The van der Waals surface area contributed by atoms with Crippen LogP contribution >= 0.6 is 11.8 Å². The molecule has 108 valence electrons. The highest BCUT2D eigenvalue weighted by Crippen LogP contribution is 2.20. The molecule has 3 nitrogen and oxygen atoms in total. The van der Waals surface area contributed by atoms with Gasteiger partial charge < -0.3 is 5.32 Å². The lowest BCUT2D eigenvalue weighted by Gasteiger charge is -2.14. The number of benzene rings is 1. The molecule has 0 aliphatic carbocycles. The minimum atomic E-state index is 0.0119. The predicted octanol–water partition coefficient (Wildman–Crippen LogP) is 4.05. The molecule has 1 unspecified atom stereocenters. The number of thioether (sulfide) groups is 1. The molecule has 0 saturated carbocycles. The smallest absolute Gasteiger partial charge is 0.224 e. The first-order valence-electron chi connectivity index (χ1n) is 6.94. The number of carbonyl (C=O) groups is 1. The maximum atomic E-state index is 11.8. The van der Waals surface area contributed by atoms with Gasteiger partial charge in [0, 0.05) is 17.4 Å². The minimum Gasteiger partial charge on any atom is -0.326 e. The Hall–Kier alpha value is -1.47. The normalized spacial score (nSPS) is 11.9. The monoisotopic (exact) mass is 290 g/mol. The zero-order valence-electron chi connectivity index (χ0n) is 12.3. The summed E-state index contributed by atoms with van der Waals surface area (Å²) in [6.45, 7) is 6.65. The lowest BCUT2D eigenvalue weighted by molar-refractivity contribution is -0.116. The molecular weight excluding hydrogens is 268 g/mol. The molecule has 1 rings (SSSR count). The molecule has 0 saturated heterocycles. The van der Waals surface area contributed by atoms with Crippen LogP contribution in [0, 0.1) is 17.2 Å².